The lowest BCUT2D eigenvalue weighted by Gasteiger charge is -2.44. The summed E-state index contributed by atoms with van der Waals surface area (Å²) in [5.41, 5.74) is -2.09. The number of alkyl halides is 7. The van der Waals surface area contributed by atoms with Crippen LogP contribution in [0.4, 0.5) is 26.3 Å². The lowest BCUT2D eigenvalue weighted by Crippen LogP contribution is -2.56. The first-order chi connectivity index (χ1) is 17.6. The van der Waals surface area contributed by atoms with Gasteiger partial charge in [-0.15, -0.1) is 0 Å². The zero-order valence-electron chi connectivity index (χ0n) is 22.1. The molecule has 0 aromatic carbocycles. The van der Waals surface area contributed by atoms with Gasteiger partial charge in [0.2, 0.25) is 0 Å². The van der Waals surface area contributed by atoms with E-state index in [2.05, 4.69) is 35.0 Å². The second kappa shape index (κ2) is 12.2. The maximum absolute atomic E-state index is 13.0. The number of fused-ring (bicyclic) bond motifs is 1. The topological polar surface area (TPSA) is 46.5 Å². The van der Waals surface area contributed by atoms with E-state index in [1.54, 1.807) is 0 Å². The molecule has 1 N–H and O–H groups in total. The minimum absolute atomic E-state index is 0.0448. The zero-order valence-corrected chi connectivity index (χ0v) is 23.7. The van der Waals surface area contributed by atoms with Gasteiger partial charge in [-0.2, -0.15) is 26.3 Å². The molecular weight excluding hydrogens is 578 g/mol. The number of halogens is 7. The van der Waals surface area contributed by atoms with Gasteiger partial charge in [0.15, 0.2) is 0 Å². The lowest BCUT2D eigenvalue weighted by molar-refractivity contribution is -0.370. The van der Waals surface area contributed by atoms with E-state index in [1.807, 2.05) is 6.92 Å². The van der Waals surface area contributed by atoms with Gasteiger partial charge in [0.05, 0.1) is 0 Å². The standard InChI is InChI=1S/C28H39BrF6O3/c1-18(6-4-15-26(37,27(30,31)32)28(33,34)35)22-12-13-23-20(8-5-14-25(22,23)2)11-10-19-7-3-9-21(16-19)38-24(36)17-29/h10-11,18,21-23,37H,3-9,12-17H2,1-2H3/t18?,21-,22+,23?,25+/m0/s1. The van der Waals surface area contributed by atoms with Crippen LogP contribution in [0.2, 0.25) is 0 Å². The summed E-state index contributed by atoms with van der Waals surface area (Å²) in [5, 5.41) is 9.66. The van der Waals surface area contributed by atoms with E-state index in [9.17, 15) is 36.2 Å². The molecule has 0 aliphatic heterocycles. The van der Waals surface area contributed by atoms with Gasteiger partial charge >= 0.3 is 18.3 Å². The Labute approximate surface area is 229 Å². The summed E-state index contributed by atoms with van der Waals surface area (Å²) in [6, 6.07) is 0. The van der Waals surface area contributed by atoms with Gasteiger partial charge in [0.25, 0.3) is 5.60 Å². The first kappa shape index (κ1) is 31.5. The predicted molar refractivity (Wildman–Crippen MR) is 137 cm³/mol. The van der Waals surface area contributed by atoms with Crippen LogP contribution >= 0.6 is 15.9 Å². The molecule has 3 fully saturated rings. The number of ether oxygens (including phenoxy) is 1. The van der Waals surface area contributed by atoms with Crippen molar-refractivity contribution in [2.24, 2.45) is 23.2 Å². The molecule has 0 radical (unpaired) electrons. The highest BCUT2D eigenvalue weighted by Crippen LogP contribution is 2.60. The van der Waals surface area contributed by atoms with Gasteiger partial charge in [0, 0.05) is 6.42 Å². The second-order valence-electron chi connectivity index (χ2n) is 11.7. The summed E-state index contributed by atoms with van der Waals surface area (Å²) in [7, 11) is 0. The average molecular weight is 618 g/mol. The lowest BCUT2D eigenvalue weighted by atomic mass is 9.60. The minimum atomic E-state index is -5.76. The van der Waals surface area contributed by atoms with Crippen molar-refractivity contribution in [1.82, 2.24) is 0 Å². The van der Waals surface area contributed by atoms with Crippen molar-refractivity contribution in [3.8, 4) is 0 Å². The Balaban J connectivity index is 1.64. The van der Waals surface area contributed by atoms with Gasteiger partial charge in [-0.25, -0.2) is 0 Å². The van der Waals surface area contributed by atoms with Crippen LogP contribution in [0, 0.1) is 23.2 Å². The molecule has 38 heavy (non-hydrogen) atoms. The van der Waals surface area contributed by atoms with Crippen molar-refractivity contribution < 1.29 is 41.0 Å². The first-order valence-corrected chi connectivity index (χ1v) is 14.7. The molecule has 2 unspecified atom stereocenters. The van der Waals surface area contributed by atoms with E-state index in [0.717, 1.165) is 57.8 Å². The maximum Gasteiger partial charge on any atom is 0.426 e. The van der Waals surface area contributed by atoms with Crippen LogP contribution in [-0.2, 0) is 9.53 Å². The highest BCUT2D eigenvalue weighted by molar-refractivity contribution is 9.09. The van der Waals surface area contributed by atoms with Gasteiger partial charge in [-0.3, -0.25) is 4.79 Å². The number of carbonyl (C=O) groups excluding carboxylic acids is 1. The molecule has 5 atom stereocenters. The second-order valence-corrected chi connectivity index (χ2v) is 12.3. The molecule has 3 nitrogen and oxygen atoms in total. The van der Waals surface area contributed by atoms with Crippen molar-refractivity contribution in [3.63, 3.8) is 0 Å². The number of hydrogen-bond acceptors (Lipinski definition) is 3. The third-order valence-corrected chi connectivity index (χ3v) is 9.77. The van der Waals surface area contributed by atoms with Gasteiger partial charge in [-0.05, 0) is 87.4 Å². The quantitative estimate of drug-likeness (QED) is 0.169. The molecule has 0 bridgehead atoms. The Morgan fingerprint density at radius 1 is 1.11 bits per heavy atom. The number of hydrogen-bond donors (Lipinski definition) is 1. The first-order valence-electron chi connectivity index (χ1n) is 13.6. The third-order valence-electron chi connectivity index (χ3n) is 9.31. The van der Waals surface area contributed by atoms with Crippen molar-refractivity contribution in [3.05, 3.63) is 23.3 Å². The summed E-state index contributed by atoms with van der Waals surface area (Å²) in [4.78, 5) is 11.6. The van der Waals surface area contributed by atoms with E-state index >= 15 is 0 Å². The zero-order chi connectivity index (χ0) is 28.4. The van der Waals surface area contributed by atoms with Crippen LogP contribution in [0.15, 0.2) is 23.3 Å². The van der Waals surface area contributed by atoms with Crippen molar-refractivity contribution in [2.45, 2.75) is 115 Å². The van der Waals surface area contributed by atoms with Gasteiger partial charge in [-0.1, -0.05) is 59.5 Å². The van der Waals surface area contributed by atoms with E-state index < -0.39 is 24.4 Å². The van der Waals surface area contributed by atoms with Crippen molar-refractivity contribution in [1.29, 1.82) is 0 Å². The van der Waals surface area contributed by atoms with Gasteiger partial charge < -0.3 is 9.84 Å². The number of allylic oxidation sites excluding steroid dienone is 3. The minimum Gasteiger partial charge on any atom is -0.461 e. The van der Waals surface area contributed by atoms with E-state index in [0.29, 0.717) is 5.92 Å². The molecule has 218 valence electrons. The van der Waals surface area contributed by atoms with Crippen LogP contribution in [0.25, 0.3) is 0 Å². The molecule has 10 heteroatoms. The van der Waals surface area contributed by atoms with E-state index in [4.69, 9.17) is 4.74 Å². The van der Waals surface area contributed by atoms with Gasteiger partial charge in [0.1, 0.15) is 11.4 Å². The largest absolute Gasteiger partial charge is 0.461 e. The van der Waals surface area contributed by atoms with Crippen LogP contribution in [0.3, 0.4) is 0 Å². The molecule has 3 aliphatic rings. The molecule has 3 aliphatic carbocycles. The van der Waals surface area contributed by atoms with Crippen molar-refractivity contribution >= 4 is 21.9 Å². The molecule has 0 saturated heterocycles. The predicted octanol–water partition coefficient (Wildman–Crippen LogP) is 8.60. The fraction of sp³-hybridized carbons (Fsp3) is 0.821. The van der Waals surface area contributed by atoms with Crippen LogP contribution in [0.5, 0.6) is 0 Å². The Hall–Kier alpha value is -1.03. The molecule has 0 amide bonds. The van der Waals surface area contributed by atoms with Crippen LogP contribution < -0.4 is 0 Å². The highest BCUT2D eigenvalue weighted by atomic mass is 79.9. The van der Waals surface area contributed by atoms with Crippen LogP contribution in [0.1, 0.15) is 90.9 Å². The highest BCUT2D eigenvalue weighted by Gasteiger charge is 2.69. The Morgan fingerprint density at radius 2 is 1.79 bits per heavy atom. The summed E-state index contributed by atoms with van der Waals surface area (Å²) < 4.78 is 83.8. The fourth-order valence-corrected chi connectivity index (χ4v) is 7.42. The molecule has 0 aromatic rings. The summed E-state index contributed by atoms with van der Waals surface area (Å²) in [6.07, 6.45) is -0.404. The normalized spacial score (nSPS) is 31.9. The fourth-order valence-electron chi connectivity index (χ4n) is 7.29. The molecular formula is C28H39BrF6O3. The molecule has 3 saturated carbocycles. The Bertz CT molecular complexity index is 882. The van der Waals surface area contributed by atoms with Crippen LogP contribution in [-0.4, -0.2) is 40.5 Å². The smallest absolute Gasteiger partial charge is 0.426 e. The Kier molecular flexibility index (Phi) is 10.1. The van der Waals surface area contributed by atoms with E-state index in [1.165, 1.54) is 11.1 Å². The number of esters is 1. The summed E-state index contributed by atoms with van der Waals surface area (Å²) >= 11 is 3.12. The molecule has 0 aromatic heterocycles. The Morgan fingerprint density at radius 3 is 2.42 bits per heavy atom. The summed E-state index contributed by atoms with van der Waals surface area (Å²) in [6.45, 7) is 4.15. The maximum atomic E-state index is 13.0. The average Bonchev–Trinajstić information content (AvgIpc) is 3.18. The molecule has 0 spiro atoms. The van der Waals surface area contributed by atoms with Crippen molar-refractivity contribution in [2.75, 3.05) is 5.33 Å². The third kappa shape index (κ3) is 6.81. The number of rotatable bonds is 8. The number of carbonyl (C=O) groups is 1. The monoisotopic (exact) mass is 616 g/mol. The molecule has 0 heterocycles. The molecule has 3 rings (SSSR count). The van der Waals surface area contributed by atoms with E-state index in [-0.39, 0.29) is 47.5 Å². The summed E-state index contributed by atoms with van der Waals surface area (Å²) in [5.74, 6) is 0.242. The number of aliphatic hydroxyl groups is 1. The SMILES string of the molecule is CC(CCCC(O)(C(F)(F)F)C(F)(F)F)[C@H]1CCC2C(=CC=C3CCC[C@H](OC(=O)CBr)C3)CCC[C@@]21C.